The van der Waals surface area contributed by atoms with Gasteiger partial charge < -0.3 is 5.32 Å². The van der Waals surface area contributed by atoms with Gasteiger partial charge in [-0.2, -0.15) is 5.10 Å². The largest absolute Gasteiger partial charge is 0.319 e. The van der Waals surface area contributed by atoms with Gasteiger partial charge in [0.15, 0.2) is 5.69 Å². The highest BCUT2D eigenvalue weighted by atomic mass is 16.2. The molecule has 0 aromatic carbocycles. The van der Waals surface area contributed by atoms with Crippen molar-refractivity contribution in [3.63, 3.8) is 0 Å². The molecule has 0 aliphatic heterocycles. The molecule has 2 aromatic rings. The lowest BCUT2D eigenvalue weighted by molar-refractivity contribution is 0.102. The van der Waals surface area contributed by atoms with Crippen LogP contribution in [-0.2, 0) is 5.54 Å². The Morgan fingerprint density at radius 1 is 1.35 bits per heavy atom. The fraction of sp³-hybridized carbons (Fsp3) is 0.400. The van der Waals surface area contributed by atoms with Gasteiger partial charge in [0, 0.05) is 16.3 Å². The minimum absolute atomic E-state index is 0.206. The number of anilines is 1. The number of nitrogens with zero attached hydrogens (tertiary/aromatic N) is 6. The Bertz CT molecular complexity index is 795. The van der Waals surface area contributed by atoms with Crippen molar-refractivity contribution < 1.29 is 4.79 Å². The van der Waals surface area contributed by atoms with E-state index >= 15 is 0 Å². The van der Waals surface area contributed by atoms with Gasteiger partial charge in [0.25, 0.3) is 5.91 Å². The molecule has 120 valence electrons. The number of aromatic nitrogens is 3. The summed E-state index contributed by atoms with van der Waals surface area (Å²) in [6.07, 6.45) is 1.51. The van der Waals surface area contributed by atoms with Crippen LogP contribution in [0, 0.1) is 13.8 Å². The number of hydrogen-bond acceptors (Lipinski definition) is 4. The van der Waals surface area contributed by atoms with Crippen LogP contribution in [0.15, 0.2) is 23.4 Å². The molecule has 0 aliphatic carbocycles. The summed E-state index contributed by atoms with van der Waals surface area (Å²) in [7, 11) is 0. The first-order valence-corrected chi connectivity index (χ1v) is 7.12. The second kappa shape index (κ2) is 6.10. The van der Waals surface area contributed by atoms with Crippen molar-refractivity contribution in [3.05, 3.63) is 45.9 Å². The number of nitrogens with one attached hydrogen (secondary N) is 1. The molecule has 2 heterocycles. The average Bonchev–Trinajstić information content (AvgIpc) is 2.85. The Hall–Kier alpha value is -2.86. The minimum Gasteiger partial charge on any atom is -0.319 e. The normalized spacial score (nSPS) is 11.0. The zero-order valence-electron chi connectivity index (χ0n) is 13.8. The molecule has 23 heavy (non-hydrogen) atoms. The molecule has 1 amide bonds. The number of azide groups is 1. The predicted octanol–water partition coefficient (Wildman–Crippen LogP) is 3.84. The molecule has 2 rings (SSSR count). The second-order valence-electron chi connectivity index (χ2n) is 6.23. The standard InChI is InChI=1S/C15H19N7O/c1-9-6-13(20-22(9)15(3,4)5)14(23)18-11-7-12(19-21-16)10(2)17-8-11/h6-8H,1-5H3,(H,18,23). The van der Waals surface area contributed by atoms with Gasteiger partial charge in [0.05, 0.1) is 23.1 Å². The zero-order chi connectivity index (χ0) is 17.2. The number of aryl methyl sites for hydroxylation is 2. The Balaban J connectivity index is 2.26. The summed E-state index contributed by atoms with van der Waals surface area (Å²) in [5.74, 6) is -0.339. The molecule has 2 aromatic heterocycles. The van der Waals surface area contributed by atoms with Crippen LogP contribution in [-0.4, -0.2) is 20.7 Å². The highest BCUT2D eigenvalue weighted by Gasteiger charge is 2.20. The van der Waals surface area contributed by atoms with Crippen molar-refractivity contribution >= 4 is 17.3 Å². The molecule has 8 nitrogen and oxygen atoms in total. The smallest absolute Gasteiger partial charge is 0.276 e. The molecule has 0 spiro atoms. The van der Waals surface area contributed by atoms with E-state index in [1.54, 1.807) is 23.7 Å². The number of amides is 1. The lowest BCUT2D eigenvalue weighted by Gasteiger charge is -2.21. The van der Waals surface area contributed by atoms with Crippen LogP contribution < -0.4 is 5.32 Å². The van der Waals surface area contributed by atoms with Crippen LogP contribution in [0.25, 0.3) is 10.4 Å². The van der Waals surface area contributed by atoms with E-state index in [2.05, 4.69) is 25.4 Å². The summed E-state index contributed by atoms with van der Waals surface area (Å²) < 4.78 is 1.81. The van der Waals surface area contributed by atoms with E-state index < -0.39 is 0 Å². The van der Waals surface area contributed by atoms with E-state index in [-0.39, 0.29) is 11.4 Å². The SMILES string of the molecule is Cc1ncc(NC(=O)c2cc(C)n(C(C)(C)C)n2)cc1N=[N+]=[N-]. The van der Waals surface area contributed by atoms with Crippen LogP contribution in [0.5, 0.6) is 0 Å². The Kier molecular flexibility index (Phi) is 4.38. The Morgan fingerprint density at radius 2 is 2.04 bits per heavy atom. The molecule has 1 N–H and O–H groups in total. The number of hydrogen-bond donors (Lipinski definition) is 1. The molecule has 0 saturated heterocycles. The molecule has 8 heteroatoms. The fourth-order valence-electron chi connectivity index (χ4n) is 2.20. The molecule has 0 aliphatic rings. The monoisotopic (exact) mass is 313 g/mol. The number of rotatable bonds is 3. The molecular weight excluding hydrogens is 294 g/mol. The topological polar surface area (TPSA) is 109 Å². The van der Waals surface area contributed by atoms with Crippen molar-refractivity contribution in [2.45, 2.75) is 40.2 Å². The van der Waals surface area contributed by atoms with Gasteiger partial charge in [0.1, 0.15) is 0 Å². The molecule has 0 radical (unpaired) electrons. The van der Waals surface area contributed by atoms with Gasteiger partial charge in [-0.3, -0.25) is 14.5 Å². The molecule has 0 atom stereocenters. The average molecular weight is 313 g/mol. The first-order valence-electron chi connectivity index (χ1n) is 7.12. The van der Waals surface area contributed by atoms with Crippen molar-refractivity contribution in [2.24, 2.45) is 5.11 Å². The molecular formula is C15H19N7O. The maximum Gasteiger partial charge on any atom is 0.276 e. The summed E-state index contributed by atoms with van der Waals surface area (Å²) in [5.41, 5.74) is 11.0. The van der Waals surface area contributed by atoms with Crippen molar-refractivity contribution in [2.75, 3.05) is 5.32 Å². The van der Waals surface area contributed by atoms with E-state index in [9.17, 15) is 4.79 Å². The highest BCUT2D eigenvalue weighted by molar-refractivity contribution is 6.03. The van der Waals surface area contributed by atoms with Crippen LogP contribution in [0.2, 0.25) is 0 Å². The lowest BCUT2D eigenvalue weighted by Crippen LogP contribution is -2.25. The van der Waals surface area contributed by atoms with Crippen LogP contribution in [0.4, 0.5) is 11.4 Å². The van der Waals surface area contributed by atoms with Crippen molar-refractivity contribution in [1.82, 2.24) is 14.8 Å². The number of carbonyl (C=O) groups is 1. The van der Waals surface area contributed by atoms with E-state index in [1.165, 1.54) is 6.20 Å². The van der Waals surface area contributed by atoms with E-state index in [1.807, 2.05) is 27.7 Å². The highest BCUT2D eigenvalue weighted by Crippen LogP contribution is 2.22. The molecule has 0 unspecified atom stereocenters. The quantitative estimate of drug-likeness (QED) is 0.528. The first-order chi connectivity index (χ1) is 10.7. The van der Waals surface area contributed by atoms with Crippen LogP contribution >= 0.6 is 0 Å². The molecule has 0 saturated carbocycles. The summed E-state index contributed by atoms with van der Waals surface area (Å²) in [6, 6.07) is 3.31. The Morgan fingerprint density at radius 3 is 2.61 bits per heavy atom. The van der Waals surface area contributed by atoms with Crippen LogP contribution in [0.3, 0.4) is 0 Å². The van der Waals surface area contributed by atoms with Gasteiger partial charge in [0.2, 0.25) is 0 Å². The molecule has 0 bridgehead atoms. The Labute approximate surface area is 134 Å². The maximum absolute atomic E-state index is 12.3. The van der Waals surface area contributed by atoms with Gasteiger partial charge in [-0.15, -0.1) is 0 Å². The summed E-state index contributed by atoms with van der Waals surface area (Å²) >= 11 is 0. The van der Waals surface area contributed by atoms with Gasteiger partial charge in [-0.25, -0.2) is 0 Å². The third-order valence-corrected chi connectivity index (χ3v) is 3.23. The minimum atomic E-state index is -0.339. The summed E-state index contributed by atoms with van der Waals surface area (Å²) in [6.45, 7) is 9.69. The predicted molar refractivity (Wildman–Crippen MR) is 87.7 cm³/mol. The van der Waals surface area contributed by atoms with E-state index in [4.69, 9.17) is 5.53 Å². The third-order valence-electron chi connectivity index (χ3n) is 3.23. The first kappa shape index (κ1) is 16.5. The number of carbonyl (C=O) groups excluding carboxylic acids is 1. The van der Waals surface area contributed by atoms with E-state index in [0.29, 0.717) is 22.8 Å². The number of pyridine rings is 1. The third kappa shape index (κ3) is 3.67. The van der Waals surface area contributed by atoms with E-state index in [0.717, 1.165) is 5.69 Å². The lowest BCUT2D eigenvalue weighted by atomic mass is 10.1. The molecule has 0 fully saturated rings. The summed E-state index contributed by atoms with van der Waals surface area (Å²) in [4.78, 5) is 19.2. The van der Waals surface area contributed by atoms with Crippen molar-refractivity contribution in [3.8, 4) is 0 Å². The van der Waals surface area contributed by atoms with Gasteiger partial charge >= 0.3 is 0 Å². The maximum atomic E-state index is 12.3. The zero-order valence-corrected chi connectivity index (χ0v) is 13.8. The fourth-order valence-corrected chi connectivity index (χ4v) is 2.20. The van der Waals surface area contributed by atoms with Crippen molar-refractivity contribution in [1.29, 1.82) is 0 Å². The second-order valence-corrected chi connectivity index (χ2v) is 6.23. The summed E-state index contributed by atoms with van der Waals surface area (Å²) in [5, 5.41) is 10.6. The van der Waals surface area contributed by atoms with Crippen LogP contribution in [0.1, 0.15) is 42.6 Å². The van der Waals surface area contributed by atoms with Gasteiger partial charge in [-0.05, 0) is 52.3 Å². The van der Waals surface area contributed by atoms with Gasteiger partial charge in [-0.1, -0.05) is 5.11 Å².